The first-order valence-electron chi connectivity index (χ1n) is 6.70. The molecule has 3 rings (SSSR count). The van der Waals surface area contributed by atoms with Gasteiger partial charge in [0.1, 0.15) is 11.6 Å². The number of hydrogen-bond acceptors (Lipinski definition) is 5. The van der Waals surface area contributed by atoms with Crippen molar-refractivity contribution in [3.05, 3.63) is 30.1 Å². The van der Waals surface area contributed by atoms with E-state index >= 15 is 0 Å². The van der Waals surface area contributed by atoms with Crippen molar-refractivity contribution in [3.63, 3.8) is 0 Å². The van der Waals surface area contributed by atoms with Gasteiger partial charge in [-0.05, 0) is 19.1 Å². The molecular weight excluding hydrogens is 274 g/mol. The smallest absolute Gasteiger partial charge is 0.145 e. The SMILES string of the molecule is C[C@H]1CNCCN1Cc1nc(N)c2ccccc2n1.Cl. The van der Waals surface area contributed by atoms with E-state index in [1.807, 2.05) is 24.3 Å². The Labute approximate surface area is 125 Å². The molecule has 108 valence electrons. The Morgan fingerprint density at radius 3 is 2.95 bits per heavy atom. The number of hydrogen-bond donors (Lipinski definition) is 2. The van der Waals surface area contributed by atoms with E-state index in [4.69, 9.17) is 5.73 Å². The number of halogens is 1. The van der Waals surface area contributed by atoms with Crippen LogP contribution < -0.4 is 11.1 Å². The maximum atomic E-state index is 6.01. The fourth-order valence-corrected chi connectivity index (χ4v) is 2.52. The van der Waals surface area contributed by atoms with Gasteiger partial charge in [0.15, 0.2) is 0 Å². The molecule has 0 bridgehead atoms. The minimum atomic E-state index is 0. The number of nitrogens with zero attached hydrogens (tertiary/aromatic N) is 3. The van der Waals surface area contributed by atoms with E-state index in [9.17, 15) is 0 Å². The third-order valence-corrected chi connectivity index (χ3v) is 3.66. The molecule has 0 unspecified atom stereocenters. The molecule has 1 aromatic heterocycles. The van der Waals surface area contributed by atoms with Gasteiger partial charge in [-0.2, -0.15) is 0 Å². The lowest BCUT2D eigenvalue weighted by Crippen LogP contribution is -2.49. The Balaban J connectivity index is 0.00000147. The number of rotatable bonds is 2. The van der Waals surface area contributed by atoms with E-state index in [-0.39, 0.29) is 12.4 Å². The van der Waals surface area contributed by atoms with Crippen LogP contribution in [0.2, 0.25) is 0 Å². The van der Waals surface area contributed by atoms with E-state index in [1.165, 1.54) is 0 Å². The summed E-state index contributed by atoms with van der Waals surface area (Å²) < 4.78 is 0. The number of aromatic nitrogens is 2. The van der Waals surface area contributed by atoms with E-state index in [1.54, 1.807) is 0 Å². The van der Waals surface area contributed by atoms with Crippen molar-refractivity contribution in [2.75, 3.05) is 25.4 Å². The zero-order valence-corrected chi connectivity index (χ0v) is 12.4. The predicted octanol–water partition coefficient (Wildman–Crippen LogP) is 1.43. The van der Waals surface area contributed by atoms with Gasteiger partial charge in [0.25, 0.3) is 0 Å². The average molecular weight is 294 g/mol. The van der Waals surface area contributed by atoms with E-state index < -0.39 is 0 Å². The highest BCUT2D eigenvalue weighted by atomic mass is 35.5. The topological polar surface area (TPSA) is 67.1 Å². The van der Waals surface area contributed by atoms with E-state index in [0.29, 0.717) is 11.9 Å². The molecule has 0 aliphatic carbocycles. The van der Waals surface area contributed by atoms with Crippen molar-refractivity contribution in [2.24, 2.45) is 0 Å². The number of nitrogens with one attached hydrogen (secondary N) is 1. The zero-order valence-electron chi connectivity index (χ0n) is 11.5. The molecule has 1 atom stereocenters. The highest BCUT2D eigenvalue weighted by Crippen LogP contribution is 2.18. The van der Waals surface area contributed by atoms with Crippen LogP contribution in [0.1, 0.15) is 12.7 Å². The summed E-state index contributed by atoms with van der Waals surface area (Å²) in [5.74, 6) is 1.38. The van der Waals surface area contributed by atoms with Crippen LogP contribution in [0.15, 0.2) is 24.3 Å². The molecule has 1 fully saturated rings. The average Bonchev–Trinajstić information content (AvgIpc) is 2.42. The number of piperazine rings is 1. The Morgan fingerprint density at radius 1 is 1.35 bits per heavy atom. The van der Waals surface area contributed by atoms with Crippen molar-refractivity contribution in [1.29, 1.82) is 0 Å². The molecule has 1 aliphatic heterocycles. The van der Waals surface area contributed by atoms with Gasteiger partial charge in [0.05, 0.1) is 12.1 Å². The van der Waals surface area contributed by atoms with Crippen LogP contribution in [0.4, 0.5) is 5.82 Å². The fourth-order valence-electron chi connectivity index (χ4n) is 2.52. The van der Waals surface area contributed by atoms with Crippen LogP contribution in [0, 0.1) is 0 Å². The maximum Gasteiger partial charge on any atom is 0.145 e. The van der Waals surface area contributed by atoms with Gasteiger partial charge < -0.3 is 11.1 Å². The molecule has 3 N–H and O–H groups in total. The number of nitrogens with two attached hydrogens (primary N) is 1. The number of fused-ring (bicyclic) bond motifs is 1. The second-order valence-corrected chi connectivity index (χ2v) is 5.07. The van der Waals surface area contributed by atoms with Gasteiger partial charge in [-0.3, -0.25) is 4.90 Å². The normalized spacial score (nSPS) is 19.8. The molecule has 2 aromatic rings. The highest BCUT2D eigenvalue weighted by molar-refractivity contribution is 5.87. The third-order valence-electron chi connectivity index (χ3n) is 3.66. The monoisotopic (exact) mass is 293 g/mol. The second-order valence-electron chi connectivity index (χ2n) is 5.07. The Bertz CT molecular complexity index is 589. The van der Waals surface area contributed by atoms with Crippen LogP contribution in [0.3, 0.4) is 0 Å². The second kappa shape index (κ2) is 6.35. The minimum absolute atomic E-state index is 0. The van der Waals surface area contributed by atoms with Gasteiger partial charge in [-0.25, -0.2) is 9.97 Å². The van der Waals surface area contributed by atoms with Crippen LogP contribution in [0.25, 0.3) is 10.9 Å². The molecule has 5 nitrogen and oxygen atoms in total. The Morgan fingerprint density at radius 2 is 2.15 bits per heavy atom. The molecule has 2 heterocycles. The first-order valence-corrected chi connectivity index (χ1v) is 6.70. The number of benzene rings is 1. The zero-order chi connectivity index (χ0) is 13.2. The standard InChI is InChI=1S/C14H19N5.ClH/c1-10-8-16-6-7-19(10)9-13-17-12-5-3-2-4-11(12)14(15)18-13;/h2-5,10,16H,6-9H2,1H3,(H2,15,17,18);1H/t10-;/m0./s1. The molecule has 0 amide bonds. The van der Waals surface area contributed by atoms with Gasteiger partial charge in [-0.15, -0.1) is 12.4 Å². The fraction of sp³-hybridized carbons (Fsp3) is 0.429. The molecule has 6 heteroatoms. The van der Waals surface area contributed by atoms with Crippen molar-refractivity contribution in [3.8, 4) is 0 Å². The summed E-state index contributed by atoms with van der Waals surface area (Å²) in [5, 5.41) is 4.31. The van der Waals surface area contributed by atoms with Gasteiger partial charge >= 0.3 is 0 Å². The van der Waals surface area contributed by atoms with Crippen molar-refractivity contribution in [2.45, 2.75) is 19.5 Å². The minimum Gasteiger partial charge on any atom is -0.383 e. The number of nitrogen functional groups attached to an aromatic ring is 1. The van der Waals surface area contributed by atoms with Crippen molar-refractivity contribution in [1.82, 2.24) is 20.2 Å². The molecular formula is C14H20ClN5. The van der Waals surface area contributed by atoms with Crippen LogP contribution in [-0.4, -0.2) is 40.5 Å². The summed E-state index contributed by atoms with van der Waals surface area (Å²) in [6.07, 6.45) is 0. The molecule has 0 spiro atoms. The van der Waals surface area contributed by atoms with Crippen molar-refractivity contribution < 1.29 is 0 Å². The predicted molar refractivity (Wildman–Crippen MR) is 83.9 cm³/mol. The highest BCUT2D eigenvalue weighted by Gasteiger charge is 2.19. The van der Waals surface area contributed by atoms with Crippen LogP contribution >= 0.6 is 12.4 Å². The Hall–Kier alpha value is -1.43. The maximum absolute atomic E-state index is 6.01. The van der Waals surface area contributed by atoms with E-state index in [0.717, 1.165) is 42.9 Å². The van der Waals surface area contributed by atoms with E-state index in [2.05, 4.69) is 27.1 Å². The van der Waals surface area contributed by atoms with Gasteiger partial charge in [0, 0.05) is 31.1 Å². The summed E-state index contributed by atoms with van der Waals surface area (Å²) in [5.41, 5.74) is 6.94. The molecule has 1 aliphatic rings. The summed E-state index contributed by atoms with van der Waals surface area (Å²) in [6.45, 7) is 6.04. The van der Waals surface area contributed by atoms with Gasteiger partial charge in [0.2, 0.25) is 0 Å². The quantitative estimate of drug-likeness (QED) is 0.877. The Kier molecular flexibility index (Phi) is 4.75. The lowest BCUT2D eigenvalue weighted by molar-refractivity contribution is 0.162. The first kappa shape index (κ1) is 15.0. The van der Waals surface area contributed by atoms with Crippen molar-refractivity contribution >= 4 is 29.1 Å². The van der Waals surface area contributed by atoms with Crippen LogP contribution in [0.5, 0.6) is 0 Å². The first-order chi connectivity index (χ1) is 9.24. The number of anilines is 1. The summed E-state index contributed by atoms with van der Waals surface area (Å²) in [4.78, 5) is 11.4. The third kappa shape index (κ3) is 3.00. The summed E-state index contributed by atoms with van der Waals surface area (Å²) in [6, 6.07) is 8.39. The lowest BCUT2D eigenvalue weighted by atomic mass is 10.2. The summed E-state index contributed by atoms with van der Waals surface area (Å²) >= 11 is 0. The lowest BCUT2D eigenvalue weighted by Gasteiger charge is -2.33. The molecule has 0 radical (unpaired) electrons. The number of para-hydroxylation sites is 1. The molecule has 0 saturated carbocycles. The van der Waals surface area contributed by atoms with Gasteiger partial charge in [-0.1, -0.05) is 12.1 Å². The largest absolute Gasteiger partial charge is 0.383 e. The van der Waals surface area contributed by atoms with Crippen LogP contribution in [-0.2, 0) is 6.54 Å². The molecule has 1 saturated heterocycles. The summed E-state index contributed by atoms with van der Waals surface area (Å²) in [7, 11) is 0. The molecule has 20 heavy (non-hydrogen) atoms. The molecule has 1 aromatic carbocycles.